The minimum absolute atomic E-state index is 0.123. The van der Waals surface area contributed by atoms with Crippen LogP contribution in [0.15, 0.2) is 109 Å². The lowest BCUT2D eigenvalue weighted by molar-refractivity contribution is -0.155. The van der Waals surface area contributed by atoms with Crippen molar-refractivity contribution in [2.24, 2.45) is 0 Å². The molecule has 0 aliphatic carbocycles. The van der Waals surface area contributed by atoms with Crippen molar-refractivity contribution in [3.8, 4) is 11.1 Å². The number of nitrogens with zero attached hydrogens (tertiary/aromatic N) is 1. The van der Waals surface area contributed by atoms with E-state index in [9.17, 15) is 19.2 Å². The predicted octanol–water partition coefficient (Wildman–Crippen LogP) is 5.15. The second kappa shape index (κ2) is 13.5. The molecule has 2 amide bonds. The van der Waals surface area contributed by atoms with Gasteiger partial charge in [-0.2, -0.15) is 0 Å². The molecule has 1 unspecified atom stereocenters. The molecule has 4 aromatic carbocycles. The van der Waals surface area contributed by atoms with Gasteiger partial charge in [-0.25, -0.2) is 4.79 Å². The number of hydrogen-bond donors (Lipinski definition) is 1. The Hall–Kier alpha value is -5.08. The van der Waals surface area contributed by atoms with Gasteiger partial charge in [-0.15, -0.1) is 0 Å². The van der Waals surface area contributed by atoms with E-state index in [4.69, 9.17) is 9.47 Å². The van der Waals surface area contributed by atoms with Crippen molar-refractivity contribution in [3.05, 3.63) is 126 Å². The Morgan fingerprint density at radius 1 is 0.786 bits per heavy atom. The lowest BCUT2D eigenvalue weighted by Gasteiger charge is -2.32. The molecular weight excluding hydrogens is 532 g/mol. The molecule has 0 radical (unpaired) electrons. The molecule has 1 aliphatic rings. The first kappa shape index (κ1) is 28.4. The molecular formula is C34H30N2O6. The average molecular weight is 563 g/mol. The lowest BCUT2D eigenvalue weighted by Crippen LogP contribution is -2.48. The standard InChI is InChI=1S/C34H30N2O6/c37-30(27-13-11-26(12-14-27)25-9-5-2-6-10-25)23-42-34(40)28-15-17-29(18-16-28)35-32(38)21-31-33(39)36(19-20-41-31)22-24-7-3-1-4-8-24/h1-18,31H,19-23H2,(H,35,38). The van der Waals surface area contributed by atoms with Gasteiger partial charge in [0.2, 0.25) is 5.91 Å². The molecule has 1 heterocycles. The first-order chi connectivity index (χ1) is 20.5. The number of carbonyl (C=O) groups is 4. The third-order valence-electron chi connectivity index (χ3n) is 6.91. The SMILES string of the molecule is O=C(CC1OCCN(Cc2ccccc2)C1=O)Nc1ccc(C(=O)OCC(=O)c2ccc(-c3ccccc3)cc2)cc1. The minimum Gasteiger partial charge on any atom is -0.454 e. The summed E-state index contributed by atoms with van der Waals surface area (Å²) in [6, 6.07) is 32.7. The van der Waals surface area contributed by atoms with E-state index < -0.39 is 18.7 Å². The number of carbonyl (C=O) groups excluding carboxylic acids is 4. The molecule has 1 N–H and O–H groups in total. The van der Waals surface area contributed by atoms with Crippen LogP contribution in [0.1, 0.15) is 32.7 Å². The number of morpholine rings is 1. The zero-order valence-corrected chi connectivity index (χ0v) is 22.9. The molecule has 1 atom stereocenters. The molecule has 5 rings (SSSR count). The first-order valence-electron chi connectivity index (χ1n) is 13.7. The predicted molar refractivity (Wildman–Crippen MR) is 158 cm³/mol. The zero-order valence-electron chi connectivity index (χ0n) is 22.9. The van der Waals surface area contributed by atoms with Crippen LogP contribution in [0.25, 0.3) is 11.1 Å². The number of ether oxygens (including phenoxy) is 2. The molecule has 1 fully saturated rings. The number of rotatable bonds is 10. The van der Waals surface area contributed by atoms with Crippen LogP contribution in [0.5, 0.6) is 0 Å². The summed E-state index contributed by atoms with van der Waals surface area (Å²) >= 11 is 0. The van der Waals surface area contributed by atoms with E-state index in [1.807, 2.05) is 72.8 Å². The van der Waals surface area contributed by atoms with Crippen LogP contribution in [0.4, 0.5) is 5.69 Å². The molecule has 8 nitrogen and oxygen atoms in total. The van der Waals surface area contributed by atoms with Crippen LogP contribution in [-0.4, -0.2) is 54.3 Å². The fraction of sp³-hybridized carbons (Fsp3) is 0.176. The normalized spacial score (nSPS) is 14.7. The Kier molecular flexibility index (Phi) is 9.16. The zero-order chi connectivity index (χ0) is 29.3. The average Bonchev–Trinajstić information content (AvgIpc) is 3.03. The molecule has 0 bridgehead atoms. The van der Waals surface area contributed by atoms with Crippen LogP contribution in [0.2, 0.25) is 0 Å². The van der Waals surface area contributed by atoms with Gasteiger partial charge in [-0.1, -0.05) is 84.9 Å². The highest BCUT2D eigenvalue weighted by Crippen LogP contribution is 2.20. The number of ketones is 1. The van der Waals surface area contributed by atoms with Crippen molar-refractivity contribution in [2.75, 3.05) is 25.1 Å². The van der Waals surface area contributed by atoms with Crippen molar-refractivity contribution < 1.29 is 28.7 Å². The van der Waals surface area contributed by atoms with Gasteiger partial charge < -0.3 is 19.7 Å². The first-order valence-corrected chi connectivity index (χ1v) is 13.7. The number of anilines is 1. The van der Waals surface area contributed by atoms with Gasteiger partial charge in [0.15, 0.2) is 12.4 Å². The van der Waals surface area contributed by atoms with E-state index in [-0.39, 0.29) is 29.6 Å². The van der Waals surface area contributed by atoms with Gasteiger partial charge in [0.1, 0.15) is 6.10 Å². The Bertz CT molecular complexity index is 1540. The summed E-state index contributed by atoms with van der Waals surface area (Å²) in [5.74, 6) is -1.57. The number of hydrogen-bond acceptors (Lipinski definition) is 6. The maximum absolute atomic E-state index is 12.9. The molecule has 8 heteroatoms. The van der Waals surface area contributed by atoms with E-state index in [1.54, 1.807) is 29.2 Å². The molecule has 0 aromatic heterocycles. The van der Waals surface area contributed by atoms with Crippen LogP contribution in [0, 0.1) is 0 Å². The highest BCUT2D eigenvalue weighted by Gasteiger charge is 2.31. The summed E-state index contributed by atoms with van der Waals surface area (Å²) in [5, 5.41) is 2.73. The molecule has 1 aliphatic heterocycles. The monoisotopic (exact) mass is 562 g/mol. The van der Waals surface area contributed by atoms with Gasteiger partial charge in [0.05, 0.1) is 18.6 Å². The number of amides is 2. The summed E-state index contributed by atoms with van der Waals surface area (Å²) in [7, 11) is 0. The van der Waals surface area contributed by atoms with Gasteiger partial charge >= 0.3 is 5.97 Å². The maximum Gasteiger partial charge on any atom is 0.338 e. The molecule has 1 saturated heterocycles. The van der Waals surface area contributed by atoms with E-state index in [2.05, 4.69) is 5.32 Å². The van der Waals surface area contributed by atoms with Crippen molar-refractivity contribution in [2.45, 2.75) is 19.1 Å². The molecule has 0 saturated carbocycles. The highest BCUT2D eigenvalue weighted by atomic mass is 16.5. The summed E-state index contributed by atoms with van der Waals surface area (Å²) in [6.45, 7) is 0.897. The van der Waals surface area contributed by atoms with Crippen molar-refractivity contribution >= 4 is 29.3 Å². The molecule has 4 aromatic rings. The summed E-state index contributed by atoms with van der Waals surface area (Å²) in [6.07, 6.45) is -0.980. The Balaban J connectivity index is 1.08. The van der Waals surface area contributed by atoms with E-state index in [0.717, 1.165) is 16.7 Å². The minimum atomic E-state index is -0.858. The molecule has 0 spiro atoms. The van der Waals surface area contributed by atoms with Gasteiger partial charge in [-0.05, 0) is 41.0 Å². The number of nitrogens with one attached hydrogen (secondary N) is 1. The van der Waals surface area contributed by atoms with Crippen LogP contribution in [-0.2, 0) is 25.6 Å². The number of benzene rings is 4. The quantitative estimate of drug-likeness (QED) is 0.212. The van der Waals surface area contributed by atoms with Gasteiger partial charge in [-0.3, -0.25) is 14.4 Å². The van der Waals surface area contributed by atoms with E-state index in [0.29, 0.717) is 30.9 Å². The van der Waals surface area contributed by atoms with Crippen molar-refractivity contribution in [1.82, 2.24) is 4.90 Å². The second-order valence-corrected chi connectivity index (χ2v) is 9.88. The molecule has 42 heavy (non-hydrogen) atoms. The second-order valence-electron chi connectivity index (χ2n) is 9.88. The largest absolute Gasteiger partial charge is 0.454 e. The number of Topliss-reactive ketones (excluding diaryl/α,β-unsaturated/α-hetero) is 1. The lowest BCUT2D eigenvalue weighted by atomic mass is 10.0. The van der Waals surface area contributed by atoms with Crippen molar-refractivity contribution in [1.29, 1.82) is 0 Å². The van der Waals surface area contributed by atoms with Gasteiger partial charge in [0.25, 0.3) is 5.91 Å². The van der Waals surface area contributed by atoms with Crippen molar-refractivity contribution in [3.63, 3.8) is 0 Å². The van der Waals surface area contributed by atoms with E-state index in [1.165, 1.54) is 12.1 Å². The van der Waals surface area contributed by atoms with Gasteiger partial charge in [0, 0.05) is 24.3 Å². The fourth-order valence-corrected chi connectivity index (χ4v) is 4.64. The van der Waals surface area contributed by atoms with E-state index >= 15 is 0 Å². The smallest absolute Gasteiger partial charge is 0.338 e. The Morgan fingerprint density at radius 2 is 1.40 bits per heavy atom. The summed E-state index contributed by atoms with van der Waals surface area (Å²) in [4.78, 5) is 52.2. The maximum atomic E-state index is 12.9. The van der Waals surface area contributed by atoms with Crippen LogP contribution in [0.3, 0.4) is 0 Å². The fourth-order valence-electron chi connectivity index (χ4n) is 4.64. The van der Waals surface area contributed by atoms with Crippen LogP contribution >= 0.6 is 0 Å². The Labute approximate surface area is 243 Å². The third-order valence-corrected chi connectivity index (χ3v) is 6.91. The molecule has 212 valence electrons. The Morgan fingerprint density at radius 3 is 2.10 bits per heavy atom. The summed E-state index contributed by atoms with van der Waals surface area (Å²) < 4.78 is 10.8. The highest BCUT2D eigenvalue weighted by molar-refractivity contribution is 6.00. The topological polar surface area (TPSA) is 102 Å². The van der Waals surface area contributed by atoms with Crippen LogP contribution < -0.4 is 5.32 Å². The summed E-state index contributed by atoms with van der Waals surface area (Å²) in [5.41, 5.74) is 4.18. The third kappa shape index (κ3) is 7.35. The number of esters is 1.